The lowest BCUT2D eigenvalue weighted by atomic mass is 10.0. The maximum atomic E-state index is 11.9. The molecule has 108 valence electrons. The summed E-state index contributed by atoms with van der Waals surface area (Å²) in [4.78, 5) is 14.5. The van der Waals surface area contributed by atoms with E-state index in [1.54, 1.807) is 0 Å². The monoisotopic (exact) mass is 266 g/mol. The lowest BCUT2D eigenvalue weighted by Gasteiger charge is -2.23. The zero-order valence-corrected chi connectivity index (χ0v) is 11.8. The molecule has 1 saturated carbocycles. The molecule has 2 heterocycles. The van der Waals surface area contributed by atoms with Crippen molar-refractivity contribution in [3.63, 3.8) is 0 Å². The molecule has 3 fully saturated rings. The van der Waals surface area contributed by atoms with E-state index in [0.29, 0.717) is 17.8 Å². The molecule has 0 unspecified atom stereocenters. The lowest BCUT2D eigenvalue weighted by molar-refractivity contribution is -0.122. The van der Waals surface area contributed by atoms with Gasteiger partial charge >= 0.3 is 0 Å². The standard InChI is InChI=1S/C15H26N2O2/c18-14(9-13-3-8-19-10-13)16-11-15(4-5-15)12-17-6-1-2-7-17/h13H,1-12H2,(H,16,18)/t13-/m0/s1. The van der Waals surface area contributed by atoms with Gasteiger partial charge in [-0.15, -0.1) is 0 Å². The predicted octanol–water partition coefficient (Wildman–Crippen LogP) is 1.41. The molecule has 0 aromatic rings. The van der Waals surface area contributed by atoms with Crippen LogP contribution in [0.25, 0.3) is 0 Å². The van der Waals surface area contributed by atoms with Crippen LogP contribution >= 0.6 is 0 Å². The zero-order chi connectivity index (χ0) is 13.1. The summed E-state index contributed by atoms with van der Waals surface area (Å²) in [5.74, 6) is 0.678. The van der Waals surface area contributed by atoms with E-state index in [4.69, 9.17) is 4.74 Å². The van der Waals surface area contributed by atoms with Gasteiger partial charge in [-0.1, -0.05) is 0 Å². The van der Waals surface area contributed by atoms with Crippen molar-refractivity contribution in [2.24, 2.45) is 11.3 Å². The smallest absolute Gasteiger partial charge is 0.220 e. The van der Waals surface area contributed by atoms with Crippen LogP contribution in [0, 0.1) is 11.3 Å². The van der Waals surface area contributed by atoms with E-state index in [2.05, 4.69) is 10.2 Å². The summed E-state index contributed by atoms with van der Waals surface area (Å²) in [5, 5.41) is 3.17. The van der Waals surface area contributed by atoms with Crippen molar-refractivity contribution < 1.29 is 9.53 Å². The second kappa shape index (κ2) is 5.80. The summed E-state index contributed by atoms with van der Waals surface area (Å²) in [6.07, 6.45) is 6.98. The van der Waals surface area contributed by atoms with Crippen LogP contribution in [0.15, 0.2) is 0 Å². The maximum Gasteiger partial charge on any atom is 0.220 e. The first-order chi connectivity index (χ1) is 9.26. The minimum absolute atomic E-state index is 0.225. The zero-order valence-electron chi connectivity index (χ0n) is 11.8. The third-order valence-electron chi connectivity index (χ3n) is 4.87. The van der Waals surface area contributed by atoms with E-state index >= 15 is 0 Å². The lowest BCUT2D eigenvalue weighted by Crippen LogP contribution is -2.37. The molecule has 1 atom stereocenters. The first-order valence-electron chi connectivity index (χ1n) is 7.83. The number of hydrogen-bond acceptors (Lipinski definition) is 3. The Kier molecular flexibility index (Phi) is 4.08. The van der Waals surface area contributed by atoms with Gasteiger partial charge in [0.2, 0.25) is 5.91 Å². The highest BCUT2D eigenvalue weighted by atomic mass is 16.5. The molecule has 0 aromatic carbocycles. The molecule has 0 bridgehead atoms. The number of nitrogens with zero attached hydrogens (tertiary/aromatic N) is 1. The Balaban J connectivity index is 1.37. The van der Waals surface area contributed by atoms with E-state index in [0.717, 1.165) is 26.2 Å². The van der Waals surface area contributed by atoms with Gasteiger partial charge in [0.25, 0.3) is 0 Å². The molecule has 3 aliphatic rings. The summed E-state index contributed by atoms with van der Waals surface area (Å²) < 4.78 is 5.32. The fourth-order valence-corrected chi connectivity index (χ4v) is 3.35. The molecule has 0 spiro atoms. The average Bonchev–Trinajstić information content (AvgIpc) is 2.84. The molecule has 19 heavy (non-hydrogen) atoms. The van der Waals surface area contributed by atoms with Crippen LogP contribution in [0.1, 0.15) is 38.5 Å². The second-order valence-corrected chi connectivity index (χ2v) is 6.69. The topological polar surface area (TPSA) is 41.6 Å². The van der Waals surface area contributed by atoms with Gasteiger partial charge in [0, 0.05) is 38.1 Å². The number of ether oxygens (including phenoxy) is 1. The van der Waals surface area contributed by atoms with Crippen molar-refractivity contribution in [2.75, 3.05) is 39.4 Å². The molecule has 4 nitrogen and oxygen atoms in total. The molecular formula is C15H26N2O2. The summed E-state index contributed by atoms with van der Waals surface area (Å²) in [5.41, 5.74) is 0.409. The third kappa shape index (κ3) is 3.69. The van der Waals surface area contributed by atoms with Crippen molar-refractivity contribution >= 4 is 5.91 Å². The fourth-order valence-electron chi connectivity index (χ4n) is 3.35. The highest BCUT2D eigenvalue weighted by Crippen LogP contribution is 2.46. The Bertz CT molecular complexity index is 316. The van der Waals surface area contributed by atoms with Gasteiger partial charge in [-0.25, -0.2) is 0 Å². The minimum atomic E-state index is 0.225. The molecule has 3 rings (SSSR count). The largest absolute Gasteiger partial charge is 0.381 e. The SMILES string of the molecule is O=C(C[C@@H]1CCOC1)NCC1(CN2CCCC2)CC1. The van der Waals surface area contributed by atoms with Crippen LogP contribution in [0.5, 0.6) is 0 Å². The van der Waals surface area contributed by atoms with Gasteiger partial charge in [0.05, 0.1) is 0 Å². The van der Waals surface area contributed by atoms with Crippen LogP contribution in [0.3, 0.4) is 0 Å². The molecule has 0 radical (unpaired) electrons. The molecular weight excluding hydrogens is 240 g/mol. The first kappa shape index (κ1) is 13.4. The molecule has 1 aliphatic carbocycles. The average molecular weight is 266 g/mol. The van der Waals surface area contributed by atoms with Crippen LogP contribution in [0.2, 0.25) is 0 Å². The van der Waals surface area contributed by atoms with Crippen molar-refractivity contribution in [3.05, 3.63) is 0 Å². The van der Waals surface area contributed by atoms with Gasteiger partial charge in [-0.2, -0.15) is 0 Å². The highest BCUT2D eigenvalue weighted by molar-refractivity contribution is 5.76. The quantitative estimate of drug-likeness (QED) is 0.790. The van der Waals surface area contributed by atoms with Crippen molar-refractivity contribution in [1.82, 2.24) is 10.2 Å². The van der Waals surface area contributed by atoms with Gasteiger partial charge in [0.1, 0.15) is 0 Å². The van der Waals surface area contributed by atoms with Crippen LogP contribution < -0.4 is 5.32 Å². The number of carbonyl (C=O) groups excluding carboxylic acids is 1. The Morgan fingerprint density at radius 3 is 2.74 bits per heavy atom. The van der Waals surface area contributed by atoms with Crippen LogP contribution in [0.4, 0.5) is 0 Å². The van der Waals surface area contributed by atoms with Gasteiger partial charge in [-0.3, -0.25) is 4.79 Å². The summed E-state index contributed by atoms with van der Waals surface area (Å²) in [7, 11) is 0. The molecule has 4 heteroatoms. The van der Waals surface area contributed by atoms with E-state index in [-0.39, 0.29) is 5.91 Å². The van der Waals surface area contributed by atoms with Gasteiger partial charge in [0.15, 0.2) is 0 Å². The number of hydrogen-bond donors (Lipinski definition) is 1. The Morgan fingerprint density at radius 2 is 2.11 bits per heavy atom. The Labute approximate surface area is 115 Å². The number of nitrogens with one attached hydrogen (secondary N) is 1. The highest BCUT2D eigenvalue weighted by Gasteiger charge is 2.44. The third-order valence-corrected chi connectivity index (χ3v) is 4.87. The van der Waals surface area contributed by atoms with E-state index in [9.17, 15) is 4.79 Å². The minimum Gasteiger partial charge on any atom is -0.381 e. The van der Waals surface area contributed by atoms with Crippen LogP contribution in [-0.4, -0.2) is 50.2 Å². The molecule has 2 saturated heterocycles. The molecule has 1 N–H and O–H groups in total. The van der Waals surface area contributed by atoms with Crippen molar-refractivity contribution in [2.45, 2.75) is 38.5 Å². The summed E-state index contributed by atoms with van der Waals surface area (Å²) in [6, 6.07) is 0. The van der Waals surface area contributed by atoms with E-state index < -0.39 is 0 Å². The summed E-state index contributed by atoms with van der Waals surface area (Å²) >= 11 is 0. The van der Waals surface area contributed by atoms with Crippen molar-refractivity contribution in [1.29, 1.82) is 0 Å². The number of carbonyl (C=O) groups is 1. The summed E-state index contributed by atoms with van der Waals surface area (Å²) in [6.45, 7) is 6.20. The Hall–Kier alpha value is -0.610. The predicted molar refractivity (Wildman–Crippen MR) is 73.9 cm³/mol. The fraction of sp³-hybridized carbons (Fsp3) is 0.933. The number of likely N-dealkylation sites (tertiary alicyclic amines) is 1. The Morgan fingerprint density at radius 1 is 1.32 bits per heavy atom. The first-order valence-corrected chi connectivity index (χ1v) is 7.83. The van der Waals surface area contributed by atoms with E-state index in [1.165, 1.54) is 45.3 Å². The molecule has 1 amide bonds. The van der Waals surface area contributed by atoms with Crippen molar-refractivity contribution in [3.8, 4) is 0 Å². The van der Waals surface area contributed by atoms with Crippen LogP contribution in [-0.2, 0) is 9.53 Å². The number of rotatable bonds is 6. The molecule has 2 aliphatic heterocycles. The van der Waals surface area contributed by atoms with Gasteiger partial charge < -0.3 is 15.0 Å². The van der Waals surface area contributed by atoms with Gasteiger partial charge in [-0.05, 0) is 51.1 Å². The normalized spacial score (nSPS) is 29.6. The van der Waals surface area contributed by atoms with E-state index in [1.807, 2.05) is 0 Å². The molecule has 0 aromatic heterocycles. The number of amides is 1. The second-order valence-electron chi connectivity index (χ2n) is 6.69. The maximum absolute atomic E-state index is 11.9.